The number of sulfone groups is 1. The van der Waals surface area contributed by atoms with Crippen molar-refractivity contribution in [2.45, 2.75) is 23.5 Å². The van der Waals surface area contributed by atoms with Crippen LogP contribution in [0.5, 0.6) is 0 Å². The average Bonchev–Trinajstić information content (AvgIpc) is 2.38. The van der Waals surface area contributed by atoms with Crippen molar-refractivity contribution < 1.29 is 36.4 Å². The SMILES string of the molecule is CCOP(=O)(OCC)C(P(=O)(O)O)S(=O)(=O)c1ccccc1. The molecule has 0 radical (unpaired) electrons. The molecule has 1 rings (SSSR count). The van der Waals surface area contributed by atoms with Crippen LogP contribution in [0.15, 0.2) is 35.2 Å². The van der Waals surface area contributed by atoms with E-state index in [9.17, 15) is 27.3 Å². The van der Waals surface area contributed by atoms with Crippen molar-refractivity contribution in [1.29, 1.82) is 0 Å². The van der Waals surface area contributed by atoms with Crippen molar-refractivity contribution in [2.24, 2.45) is 0 Å². The van der Waals surface area contributed by atoms with E-state index in [1.807, 2.05) is 0 Å². The Balaban J connectivity index is 3.55. The van der Waals surface area contributed by atoms with E-state index in [1.54, 1.807) is 0 Å². The fraction of sp³-hybridized carbons (Fsp3) is 0.455. The van der Waals surface area contributed by atoms with Gasteiger partial charge in [-0.25, -0.2) is 8.42 Å². The standard InChI is InChI=1S/C11H18O8P2S/c1-3-18-21(15,19-4-2)11(20(12,13)14)22(16,17)10-8-6-5-7-9-10/h5-9,11H,3-4H2,1-2H3,(H2,12,13,14). The highest BCUT2D eigenvalue weighted by atomic mass is 32.2. The van der Waals surface area contributed by atoms with Crippen LogP contribution in [-0.2, 0) is 28.0 Å². The summed E-state index contributed by atoms with van der Waals surface area (Å²) in [6.45, 7) is 2.38. The second kappa shape index (κ2) is 7.36. The molecule has 0 aromatic heterocycles. The van der Waals surface area contributed by atoms with Gasteiger partial charge in [-0.3, -0.25) is 9.13 Å². The molecule has 0 bridgehead atoms. The Morgan fingerprint density at radius 3 is 1.86 bits per heavy atom. The minimum Gasteiger partial charge on any atom is -0.323 e. The van der Waals surface area contributed by atoms with E-state index < -0.39 is 29.8 Å². The highest BCUT2D eigenvalue weighted by molar-refractivity contribution is 8.06. The smallest absolute Gasteiger partial charge is 0.323 e. The van der Waals surface area contributed by atoms with Crippen LogP contribution in [0.1, 0.15) is 13.8 Å². The number of benzene rings is 1. The van der Waals surface area contributed by atoms with E-state index >= 15 is 0 Å². The van der Waals surface area contributed by atoms with E-state index in [4.69, 9.17) is 9.05 Å². The molecule has 8 nitrogen and oxygen atoms in total. The molecule has 0 amide bonds. The molecule has 22 heavy (non-hydrogen) atoms. The van der Waals surface area contributed by atoms with Gasteiger partial charge in [-0.15, -0.1) is 0 Å². The molecule has 1 atom stereocenters. The zero-order valence-electron chi connectivity index (χ0n) is 12.0. The van der Waals surface area contributed by atoms with Crippen LogP contribution >= 0.6 is 15.2 Å². The first-order chi connectivity index (χ1) is 10.1. The summed E-state index contributed by atoms with van der Waals surface area (Å²) in [4.78, 5) is 18.6. The van der Waals surface area contributed by atoms with Gasteiger partial charge in [-0.1, -0.05) is 18.2 Å². The lowest BCUT2D eigenvalue weighted by Crippen LogP contribution is -2.24. The first-order valence-corrected chi connectivity index (χ1v) is 11.2. The highest BCUT2D eigenvalue weighted by Crippen LogP contribution is 2.68. The van der Waals surface area contributed by atoms with Crippen LogP contribution in [0.2, 0.25) is 0 Å². The molecule has 1 unspecified atom stereocenters. The van der Waals surface area contributed by atoms with Crippen LogP contribution in [0.25, 0.3) is 0 Å². The first-order valence-electron chi connectivity index (χ1n) is 6.32. The molecule has 0 fully saturated rings. The van der Waals surface area contributed by atoms with Crippen molar-refractivity contribution in [1.82, 2.24) is 0 Å². The quantitative estimate of drug-likeness (QED) is 0.665. The van der Waals surface area contributed by atoms with E-state index in [1.165, 1.54) is 32.0 Å². The summed E-state index contributed by atoms with van der Waals surface area (Å²) in [6, 6.07) is 6.61. The van der Waals surface area contributed by atoms with Gasteiger partial charge in [0.1, 0.15) is 0 Å². The lowest BCUT2D eigenvalue weighted by atomic mass is 10.4. The summed E-state index contributed by atoms with van der Waals surface area (Å²) in [5, 5.41) is 0. The van der Waals surface area contributed by atoms with Gasteiger partial charge in [0, 0.05) is 0 Å². The zero-order valence-corrected chi connectivity index (χ0v) is 14.6. The number of hydrogen-bond acceptors (Lipinski definition) is 6. The fourth-order valence-electron chi connectivity index (χ4n) is 1.79. The fourth-order valence-corrected chi connectivity index (χ4v) is 9.40. The molecule has 0 saturated carbocycles. The molecule has 11 heteroatoms. The molecule has 126 valence electrons. The molecule has 0 aliphatic rings. The highest BCUT2D eigenvalue weighted by Gasteiger charge is 2.56. The second-order valence-electron chi connectivity index (χ2n) is 4.15. The Bertz CT molecular complexity index is 671. The molecule has 0 heterocycles. The summed E-state index contributed by atoms with van der Waals surface area (Å²) < 4.78 is 56.6. The molecular formula is C11H18O8P2S. The Hall–Kier alpha value is -0.530. The van der Waals surface area contributed by atoms with E-state index in [2.05, 4.69) is 0 Å². The monoisotopic (exact) mass is 372 g/mol. The van der Waals surface area contributed by atoms with Gasteiger partial charge in [-0.05, 0) is 26.0 Å². The minimum atomic E-state index is -5.34. The Morgan fingerprint density at radius 2 is 1.50 bits per heavy atom. The largest absolute Gasteiger partial charge is 0.361 e. The van der Waals surface area contributed by atoms with E-state index in [-0.39, 0.29) is 18.1 Å². The van der Waals surface area contributed by atoms with Crippen molar-refractivity contribution in [3.63, 3.8) is 0 Å². The van der Waals surface area contributed by atoms with Gasteiger partial charge in [0.05, 0.1) is 18.1 Å². The van der Waals surface area contributed by atoms with E-state index in [0.717, 1.165) is 12.1 Å². The predicted molar refractivity (Wildman–Crippen MR) is 80.3 cm³/mol. The number of hydrogen-bond donors (Lipinski definition) is 2. The third-order valence-corrected chi connectivity index (χ3v) is 11.4. The summed E-state index contributed by atoms with van der Waals surface area (Å²) >= 11 is 0. The summed E-state index contributed by atoms with van der Waals surface area (Å²) in [5.74, 6) is 0. The van der Waals surface area contributed by atoms with Gasteiger partial charge in [-0.2, -0.15) is 0 Å². The molecule has 1 aromatic carbocycles. The molecule has 0 saturated heterocycles. The second-order valence-corrected chi connectivity index (χ2v) is 11.1. The maximum atomic E-state index is 12.7. The summed E-state index contributed by atoms with van der Waals surface area (Å²) in [5.41, 5.74) is 0. The molecular weight excluding hydrogens is 354 g/mol. The van der Waals surface area contributed by atoms with Crippen LogP contribution < -0.4 is 0 Å². The molecule has 1 aromatic rings. The van der Waals surface area contributed by atoms with Gasteiger partial charge in [0.2, 0.25) is 9.84 Å². The molecule has 0 aliphatic heterocycles. The van der Waals surface area contributed by atoms with Crippen molar-refractivity contribution in [2.75, 3.05) is 13.2 Å². The van der Waals surface area contributed by atoms with Crippen molar-refractivity contribution in [3.8, 4) is 0 Å². The summed E-state index contributed by atoms with van der Waals surface area (Å²) in [7, 11) is -14.6. The van der Waals surface area contributed by atoms with Crippen LogP contribution in [0.3, 0.4) is 0 Å². The summed E-state index contributed by atoms with van der Waals surface area (Å²) in [6.07, 6.45) is 0. The van der Waals surface area contributed by atoms with Crippen LogP contribution in [0.4, 0.5) is 0 Å². The van der Waals surface area contributed by atoms with Gasteiger partial charge in [0.15, 0.2) is 0 Å². The normalized spacial score (nSPS) is 14.7. The minimum absolute atomic E-state index is 0.224. The predicted octanol–water partition coefficient (Wildman–Crippen LogP) is 2.19. The third kappa shape index (κ3) is 4.26. The van der Waals surface area contributed by atoms with Crippen LogP contribution in [-0.4, -0.2) is 36.2 Å². The van der Waals surface area contributed by atoms with Gasteiger partial charge < -0.3 is 18.8 Å². The Kier molecular flexibility index (Phi) is 6.53. The Morgan fingerprint density at radius 1 is 1.05 bits per heavy atom. The van der Waals surface area contributed by atoms with Crippen molar-refractivity contribution in [3.05, 3.63) is 30.3 Å². The Labute approximate surface area is 129 Å². The molecule has 0 aliphatic carbocycles. The van der Waals surface area contributed by atoms with Gasteiger partial charge in [0.25, 0.3) is 4.73 Å². The van der Waals surface area contributed by atoms with Crippen LogP contribution in [0, 0.1) is 0 Å². The molecule has 0 spiro atoms. The lowest BCUT2D eigenvalue weighted by molar-refractivity contribution is 0.219. The third-order valence-electron chi connectivity index (χ3n) is 2.53. The van der Waals surface area contributed by atoms with Gasteiger partial charge >= 0.3 is 15.2 Å². The maximum absolute atomic E-state index is 12.7. The molecule has 2 N–H and O–H groups in total. The maximum Gasteiger partial charge on any atom is 0.361 e. The topological polar surface area (TPSA) is 127 Å². The average molecular weight is 372 g/mol. The zero-order chi connectivity index (χ0) is 17.0. The van der Waals surface area contributed by atoms with E-state index in [0.29, 0.717) is 0 Å². The lowest BCUT2D eigenvalue weighted by Gasteiger charge is -2.26. The number of rotatable bonds is 8. The first kappa shape index (κ1) is 19.5. The van der Waals surface area contributed by atoms with Crippen molar-refractivity contribution >= 4 is 25.0 Å².